The van der Waals surface area contributed by atoms with E-state index in [0.29, 0.717) is 12.4 Å². The first-order valence-electron chi connectivity index (χ1n) is 11.9. The van der Waals surface area contributed by atoms with Crippen LogP contribution >= 0.6 is 0 Å². The van der Waals surface area contributed by atoms with Gasteiger partial charge >= 0.3 is 0 Å². The van der Waals surface area contributed by atoms with Crippen LogP contribution in [0.4, 0.5) is 0 Å². The second kappa shape index (κ2) is 10.2. The molecule has 1 atom stereocenters. The molecule has 1 aliphatic heterocycles. The summed E-state index contributed by atoms with van der Waals surface area (Å²) in [5, 5.41) is 11.0. The molecule has 2 fully saturated rings. The van der Waals surface area contributed by atoms with E-state index in [4.69, 9.17) is 29.1 Å². The number of aliphatic hydroxyl groups excluding tert-OH is 1. The summed E-state index contributed by atoms with van der Waals surface area (Å²) in [6, 6.07) is 19.5. The summed E-state index contributed by atoms with van der Waals surface area (Å²) in [6.07, 6.45) is 4.85. The third kappa shape index (κ3) is 5.10. The van der Waals surface area contributed by atoms with Crippen LogP contribution in [0.25, 0.3) is 16.3 Å². The number of rotatable bonds is 7. The Labute approximate surface area is 199 Å². The van der Waals surface area contributed by atoms with Crippen LogP contribution in [0.3, 0.4) is 0 Å². The molecule has 1 aliphatic carbocycles. The zero-order chi connectivity index (χ0) is 23.4. The lowest BCUT2D eigenvalue weighted by Crippen LogP contribution is -2.46. The molecule has 1 spiro atoms. The highest BCUT2D eigenvalue weighted by Crippen LogP contribution is 2.38. The van der Waals surface area contributed by atoms with Crippen molar-refractivity contribution in [3.63, 3.8) is 0 Å². The average Bonchev–Trinajstić information content (AvgIpc) is 2.88. The van der Waals surface area contributed by atoms with Gasteiger partial charge in [0, 0.05) is 12.8 Å². The summed E-state index contributed by atoms with van der Waals surface area (Å²) in [7, 11) is 0. The van der Waals surface area contributed by atoms with Gasteiger partial charge in [-0.2, -0.15) is 0 Å². The monoisotopic (exact) mass is 462 g/mol. The minimum atomic E-state index is -0.571. The van der Waals surface area contributed by atoms with Crippen molar-refractivity contribution in [3.8, 4) is 17.2 Å². The molecule has 0 amide bonds. The highest BCUT2D eigenvalue weighted by molar-refractivity contribution is 5.85. The van der Waals surface area contributed by atoms with Crippen LogP contribution in [0.5, 0.6) is 17.2 Å². The van der Waals surface area contributed by atoms with E-state index >= 15 is 0 Å². The SMILES string of the molecule is C=C(c1ccc(Oc2ccc3ccc(OCCO)cc3c2)cc1)C1COC2(CCCCC2)OO1. The Morgan fingerprint density at radius 1 is 0.912 bits per heavy atom. The fraction of sp³-hybridized carbons (Fsp3) is 0.357. The van der Waals surface area contributed by atoms with Crippen LogP contribution in [0, 0.1) is 0 Å². The Morgan fingerprint density at radius 3 is 2.32 bits per heavy atom. The van der Waals surface area contributed by atoms with Crippen LogP contribution in [0.1, 0.15) is 37.7 Å². The Hall–Kier alpha value is -2.90. The van der Waals surface area contributed by atoms with Gasteiger partial charge in [0.2, 0.25) is 5.79 Å². The number of benzene rings is 3. The van der Waals surface area contributed by atoms with E-state index in [1.807, 2.05) is 60.7 Å². The van der Waals surface area contributed by atoms with Gasteiger partial charge in [0.25, 0.3) is 0 Å². The quantitative estimate of drug-likeness (QED) is 0.433. The molecule has 1 saturated carbocycles. The van der Waals surface area contributed by atoms with Gasteiger partial charge < -0.3 is 19.3 Å². The molecule has 0 aromatic heterocycles. The standard InChI is InChI=1S/C28H30O6/c1-20(27-19-31-28(34-33-27)13-3-2-4-14-28)21-5-9-24(10-6-21)32-26-12-8-22-7-11-25(30-16-15-29)17-23(22)18-26/h5-12,17-18,27,29H,1-4,13-16,19H2. The van der Waals surface area contributed by atoms with Crippen molar-refractivity contribution in [3.05, 3.63) is 72.8 Å². The maximum Gasteiger partial charge on any atom is 0.201 e. The first-order valence-corrected chi connectivity index (χ1v) is 11.9. The fourth-order valence-corrected chi connectivity index (χ4v) is 4.48. The minimum Gasteiger partial charge on any atom is -0.491 e. The number of aliphatic hydroxyl groups is 1. The molecule has 6 nitrogen and oxygen atoms in total. The lowest BCUT2D eigenvalue weighted by atomic mass is 9.94. The van der Waals surface area contributed by atoms with Crippen molar-refractivity contribution in [1.29, 1.82) is 0 Å². The van der Waals surface area contributed by atoms with E-state index < -0.39 is 5.79 Å². The Kier molecular flexibility index (Phi) is 6.83. The van der Waals surface area contributed by atoms with E-state index in [2.05, 4.69) is 6.58 Å². The van der Waals surface area contributed by atoms with E-state index in [9.17, 15) is 0 Å². The number of hydrogen-bond acceptors (Lipinski definition) is 6. The molecule has 1 heterocycles. The van der Waals surface area contributed by atoms with Crippen LogP contribution in [-0.2, 0) is 14.5 Å². The topological polar surface area (TPSA) is 66.4 Å². The summed E-state index contributed by atoms with van der Waals surface area (Å²) in [5.41, 5.74) is 1.77. The van der Waals surface area contributed by atoms with Gasteiger partial charge in [0.05, 0.1) is 13.2 Å². The molecule has 0 bridgehead atoms. The largest absolute Gasteiger partial charge is 0.491 e. The van der Waals surface area contributed by atoms with E-state index in [-0.39, 0.29) is 19.3 Å². The van der Waals surface area contributed by atoms with Crippen molar-refractivity contribution >= 4 is 16.3 Å². The highest BCUT2D eigenvalue weighted by Gasteiger charge is 2.41. The summed E-state index contributed by atoms with van der Waals surface area (Å²) in [4.78, 5) is 11.4. The lowest BCUT2D eigenvalue weighted by molar-refractivity contribution is -0.483. The maximum absolute atomic E-state index is 8.96. The van der Waals surface area contributed by atoms with Crippen molar-refractivity contribution < 1.29 is 29.1 Å². The minimum absolute atomic E-state index is 0.0166. The van der Waals surface area contributed by atoms with Crippen LogP contribution < -0.4 is 9.47 Å². The van der Waals surface area contributed by atoms with Gasteiger partial charge in [0.1, 0.15) is 30.0 Å². The van der Waals surface area contributed by atoms with E-state index in [0.717, 1.165) is 59.1 Å². The van der Waals surface area contributed by atoms with E-state index in [1.54, 1.807) is 0 Å². The predicted molar refractivity (Wildman–Crippen MR) is 130 cm³/mol. The number of ether oxygens (including phenoxy) is 3. The number of hydrogen-bond donors (Lipinski definition) is 1. The lowest BCUT2D eigenvalue weighted by Gasteiger charge is -2.41. The molecule has 3 aromatic rings. The highest BCUT2D eigenvalue weighted by atomic mass is 17.2. The summed E-state index contributed by atoms with van der Waals surface area (Å²) in [5.74, 6) is 1.60. The van der Waals surface area contributed by atoms with Crippen molar-refractivity contribution in [2.45, 2.75) is 44.0 Å². The third-order valence-electron chi connectivity index (χ3n) is 6.42. The summed E-state index contributed by atoms with van der Waals surface area (Å²) < 4.78 is 17.7. The predicted octanol–water partition coefficient (Wildman–Crippen LogP) is 6.02. The van der Waals surface area contributed by atoms with Crippen molar-refractivity contribution in [1.82, 2.24) is 0 Å². The smallest absolute Gasteiger partial charge is 0.201 e. The first-order chi connectivity index (χ1) is 16.6. The van der Waals surface area contributed by atoms with E-state index in [1.165, 1.54) is 6.42 Å². The molecule has 1 saturated heterocycles. The van der Waals surface area contributed by atoms with Gasteiger partial charge in [0.15, 0.2) is 0 Å². The normalized spacial score (nSPS) is 19.7. The fourth-order valence-electron chi connectivity index (χ4n) is 4.48. The average molecular weight is 463 g/mol. The van der Waals surface area contributed by atoms with Gasteiger partial charge in [-0.25, -0.2) is 9.78 Å². The molecule has 6 heteroatoms. The van der Waals surface area contributed by atoms with Crippen molar-refractivity contribution in [2.75, 3.05) is 19.8 Å². The van der Waals surface area contributed by atoms with Gasteiger partial charge in [-0.05, 0) is 71.1 Å². The van der Waals surface area contributed by atoms with Gasteiger partial charge in [-0.15, -0.1) is 0 Å². The zero-order valence-corrected chi connectivity index (χ0v) is 19.2. The molecular weight excluding hydrogens is 432 g/mol. The zero-order valence-electron chi connectivity index (χ0n) is 19.2. The molecule has 3 aromatic carbocycles. The Morgan fingerprint density at radius 2 is 1.62 bits per heavy atom. The Balaban J connectivity index is 1.22. The summed E-state index contributed by atoms with van der Waals surface area (Å²) in [6.45, 7) is 4.90. The molecular formula is C28H30O6. The Bertz CT molecular complexity index is 1120. The molecule has 34 heavy (non-hydrogen) atoms. The molecule has 0 radical (unpaired) electrons. The summed E-state index contributed by atoms with van der Waals surface area (Å²) >= 11 is 0. The van der Waals surface area contributed by atoms with Crippen LogP contribution in [-0.4, -0.2) is 36.8 Å². The molecule has 178 valence electrons. The third-order valence-corrected chi connectivity index (χ3v) is 6.42. The number of fused-ring (bicyclic) bond motifs is 1. The second-order valence-electron chi connectivity index (χ2n) is 8.85. The first kappa shape index (κ1) is 22.9. The molecule has 2 aliphatic rings. The molecule has 1 N–H and O–H groups in total. The molecule has 1 unspecified atom stereocenters. The maximum atomic E-state index is 8.96. The van der Waals surface area contributed by atoms with Crippen molar-refractivity contribution in [2.24, 2.45) is 0 Å². The van der Waals surface area contributed by atoms with Crippen LogP contribution in [0.15, 0.2) is 67.2 Å². The van der Waals surface area contributed by atoms with Gasteiger partial charge in [-0.3, -0.25) is 0 Å². The van der Waals surface area contributed by atoms with Gasteiger partial charge in [-0.1, -0.05) is 37.3 Å². The molecule has 5 rings (SSSR count). The second-order valence-corrected chi connectivity index (χ2v) is 8.85. The van der Waals surface area contributed by atoms with Crippen LogP contribution in [0.2, 0.25) is 0 Å².